The van der Waals surface area contributed by atoms with Crippen molar-refractivity contribution in [1.29, 1.82) is 0 Å². The lowest BCUT2D eigenvalue weighted by Gasteiger charge is -2.10. The molecule has 0 aliphatic rings. The molecule has 2 aromatic rings. The van der Waals surface area contributed by atoms with Crippen LogP contribution >= 0.6 is 0 Å². The van der Waals surface area contributed by atoms with E-state index in [0.717, 1.165) is 16.7 Å². The molecular weight excluding hydrogens is 297 g/mol. The number of aliphatic hydroxyl groups is 1. The number of amides is 1. The van der Waals surface area contributed by atoms with Gasteiger partial charge < -0.3 is 15.7 Å². The molecule has 0 saturated heterocycles. The van der Waals surface area contributed by atoms with E-state index in [4.69, 9.17) is 5.11 Å². The van der Waals surface area contributed by atoms with Gasteiger partial charge in [-0.3, -0.25) is 4.79 Å². The van der Waals surface area contributed by atoms with E-state index < -0.39 is 0 Å². The minimum atomic E-state index is -0.267. The topological polar surface area (TPSA) is 74.2 Å². The predicted octanol–water partition coefficient (Wildman–Crippen LogP) is 1.79. The van der Waals surface area contributed by atoms with Gasteiger partial charge in [0.15, 0.2) is 0 Å². The van der Waals surface area contributed by atoms with E-state index in [2.05, 4.69) is 15.6 Å². The number of nitrogens with one attached hydrogen (secondary N) is 2. The van der Waals surface area contributed by atoms with Crippen LogP contribution in [-0.2, 0) is 17.8 Å². The number of aryl methyl sites for hydroxylation is 1. The lowest BCUT2D eigenvalue weighted by Crippen LogP contribution is -2.31. The molecule has 0 radical (unpaired) electrons. The third kappa shape index (κ3) is 5.34. The van der Waals surface area contributed by atoms with Crippen LogP contribution in [0.2, 0.25) is 0 Å². The number of pyridine rings is 1. The summed E-state index contributed by atoms with van der Waals surface area (Å²) < 4.78 is 12.8. The summed E-state index contributed by atoms with van der Waals surface area (Å²) in [5, 5.41) is 14.8. The van der Waals surface area contributed by atoms with Gasteiger partial charge in [-0.2, -0.15) is 0 Å². The number of hydrogen-bond donors (Lipinski definition) is 3. The van der Waals surface area contributed by atoms with Gasteiger partial charge in [0, 0.05) is 12.7 Å². The molecule has 0 fully saturated rings. The Kier molecular flexibility index (Phi) is 6.05. The van der Waals surface area contributed by atoms with Gasteiger partial charge in [-0.1, -0.05) is 12.1 Å². The van der Waals surface area contributed by atoms with Crippen molar-refractivity contribution >= 4 is 11.7 Å². The van der Waals surface area contributed by atoms with Gasteiger partial charge in [0.2, 0.25) is 5.91 Å². The Morgan fingerprint density at radius 3 is 2.65 bits per heavy atom. The van der Waals surface area contributed by atoms with Crippen LogP contribution in [0.4, 0.5) is 10.2 Å². The van der Waals surface area contributed by atoms with Crippen molar-refractivity contribution in [3.8, 4) is 0 Å². The number of rotatable bonds is 7. The Hall–Kier alpha value is -2.47. The molecule has 1 aromatic heterocycles. The maximum Gasteiger partial charge on any atom is 0.239 e. The monoisotopic (exact) mass is 317 g/mol. The highest BCUT2D eigenvalue weighted by atomic mass is 19.1. The summed E-state index contributed by atoms with van der Waals surface area (Å²) in [4.78, 5) is 16.0. The van der Waals surface area contributed by atoms with Crippen LogP contribution in [0.1, 0.15) is 16.7 Å². The van der Waals surface area contributed by atoms with E-state index in [1.165, 1.54) is 12.1 Å². The second-order valence-electron chi connectivity index (χ2n) is 5.25. The maximum absolute atomic E-state index is 12.8. The van der Waals surface area contributed by atoms with Crippen LogP contribution in [0.25, 0.3) is 0 Å². The van der Waals surface area contributed by atoms with Crippen LogP contribution in [0, 0.1) is 12.7 Å². The van der Waals surface area contributed by atoms with Crippen LogP contribution in [0.3, 0.4) is 0 Å². The van der Waals surface area contributed by atoms with Gasteiger partial charge in [-0.15, -0.1) is 0 Å². The molecule has 1 aromatic carbocycles. The minimum Gasteiger partial charge on any atom is -0.392 e. The Bertz CT molecular complexity index is 659. The summed E-state index contributed by atoms with van der Waals surface area (Å²) in [5.41, 5.74) is 2.57. The van der Waals surface area contributed by atoms with E-state index in [0.29, 0.717) is 18.8 Å². The van der Waals surface area contributed by atoms with Crippen molar-refractivity contribution < 1.29 is 14.3 Å². The standard InChI is InChI=1S/C17H20FN3O2/c1-12-8-14(11-22)9-20-17(12)21-10-16(23)19-7-6-13-2-4-15(18)5-3-13/h2-5,8-9,22H,6-7,10-11H2,1H3,(H,19,23)(H,20,21). The highest BCUT2D eigenvalue weighted by Crippen LogP contribution is 2.12. The average molecular weight is 317 g/mol. The predicted molar refractivity (Wildman–Crippen MR) is 86.5 cm³/mol. The lowest BCUT2D eigenvalue weighted by atomic mass is 10.1. The summed E-state index contributed by atoms with van der Waals surface area (Å²) in [5.74, 6) is 0.215. The van der Waals surface area contributed by atoms with Crippen molar-refractivity contribution in [3.63, 3.8) is 0 Å². The highest BCUT2D eigenvalue weighted by molar-refractivity contribution is 5.80. The molecule has 5 nitrogen and oxygen atoms in total. The zero-order valence-corrected chi connectivity index (χ0v) is 13.0. The number of anilines is 1. The van der Waals surface area contributed by atoms with Gasteiger partial charge in [-0.25, -0.2) is 9.37 Å². The van der Waals surface area contributed by atoms with Crippen molar-refractivity contribution in [2.24, 2.45) is 0 Å². The molecule has 0 aliphatic carbocycles. The fraction of sp³-hybridized carbons (Fsp3) is 0.294. The Labute approximate surface area is 134 Å². The maximum atomic E-state index is 12.8. The molecule has 0 spiro atoms. The van der Waals surface area contributed by atoms with Crippen molar-refractivity contribution in [2.75, 3.05) is 18.4 Å². The van der Waals surface area contributed by atoms with Gasteiger partial charge in [-0.05, 0) is 48.2 Å². The zero-order chi connectivity index (χ0) is 16.7. The quantitative estimate of drug-likeness (QED) is 0.728. The van der Waals surface area contributed by atoms with Crippen molar-refractivity contribution in [1.82, 2.24) is 10.3 Å². The molecule has 0 saturated carbocycles. The van der Waals surface area contributed by atoms with Crippen molar-refractivity contribution in [2.45, 2.75) is 20.0 Å². The second kappa shape index (κ2) is 8.24. The summed E-state index contributed by atoms with van der Waals surface area (Å²) in [6, 6.07) is 8.04. The normalized spacial score (nSPS) is 10.4. The molecule has 0 unspecified atom stereocenters. The van der Waals surface area contributed by atoms with Gasteiger partial charge in [0.25, 0.3) is 0 Å². The number of carbonyl (C=O) groups is 1. The first kappa shape index (κ1) is 16.9. The Balaban J connectivity index is 1.73. The molecule has 0 atom stereocenters. The van der Waals surface area contributed by atoms with E-state index in [-0.39, 0.29) is 24.9 Å². The number of benzene rings is 1. The smallest absolute Gasteiger partial charge is 0.239 e. The Morgan fingerprint density at radius 1 is 1.26 bits per heavy atom. The highest BCUT2D eigenvalue weighted by Gasteiger charge is 2.05. The number of nitrogens with zero attached hydrogens (tertiary/aromatic N) is 1. The van der Waals surface area contributed by atoms with Crippen LogP contribution in [0.5, 0.6) is 0 Å². The summed E-state index contributed by atoms with van der Waals surface area (Å²) in [6.45, 7) is 2.41. The number of aliphatic hydroxyl groups excluding tert-OH is 1. The second-order valence-corrected chi connectivity index (χ2v) is 5.25. The number of hydrogen-bond acceptors (Lipinski definition) is 4. The van der Waals surface area contributed by atoms with E-state index in [9.17, 15) is 9.18 Å². The van der Waals surface area contributed by atoms with Gasteiger partial charge in [0.05, 0.1) is 13.2 Å². The first-order valence-corrected chi connectivity index (χ1v) is 7.40. The SMILES string of the molecule is Cc1cc(CO)cnc1NCC(=O)NCCc1ccc(F)cc1. The minimum absolute atomic E-state index is 0.0575. The molecule has 6 heteroatoms. The molecule has 2 rings (SSSR count). The van der Waals surface area contributed by atoms with E-state index >= 15 is 0 Å². The van der Waals surface area contributed by atoms with Crippen molar-refractivity contribution in [3.05, 3.63) is 59.0 Å². The van der Waals surface area contributed by atoms with Crippen LogP contribution in [0.15, 0.2) is 36.5 Å². The summed E-state index contributed by atoms with van der Waals surface area (Å²) >= 11 is 0. The van der Waals surface area contributed by atoms with Crippen LogP contribution < -0.4 is 10.6 Å². The van der Waals surface area contributed by atoms with E-state index in [1.54, 1.807) is 18.3 Å². The Morgan fingerprint density at radius 2 is 2.00 bits per heavy atom. The van der Waals surface area contributed by atoms with E-state index in [1.807, 2.05) is 13.0 Å². The number of aromatic nitrogens is 1. The molecule has 0 aliphatic heterocycles. The summed E-state index contributed by atoms with van der Waals surface area (Å²) in [6.07, 6.45) is 2.22. The molecule has 1 heterocycles. The van der Waals surface area contributed by atoms with Gasteiger partial charge >= 0.3 is 0 Å². The largest absolute Gasteiger partial charge is 0.392 e. The first-order chi connectivity index (χ1) is 11.1. The fourth-order valence-electron chi connectivity index (χ4n) is 2.13. The molecule has 23 heavy (non-hydrogen) atoms. The molecule has 0 bridgehead atoms. The zero-order valence-electron chi connectivity index (χ0n) is 13.0. The fourth-order valence-corrected chi connectivity index (χ4v) is 2.13. The number of halogens is 1. The third-order valence-electron chi connectivity index (χ3n) is 3.38. The van der Waals surface area contributed by atoms with Crippen LogP contribution in [-0.4, -0.2) is 29.1 Å². The molecule has 122 valence electrons. The first-order valence-electron chi connectivity index (χ1n) is 7.40. The molecular formula is C17H20FN3O2. The molecule has 1 amide bonds. The average Bonchev–Trinajstić information content (AvgIpc) is 2.55. The summed E-state index contributed by atoms with van der Waals surface area (Å²) in [7, 11) is 0. The number of carbonyl (C=O) groups excluding carboxylic acids is 1. The van der Waals surface area contributed by atoms with Gasteiger partial charge in [0.1, 0.15) is 11.6 Å². The lowest BCUT2D eigenvalue weighted by molar-refractivity contribution is -0.119. The third-order valence-corrected chi connectivity index (χ3v) is 3.38. The molecule has 3 N–H and O–H groups in total.